The minimum Gasteiger partial charge on any atom is -0.420 e. The first-order valence-corrected chi connectivity index (χ1v) is 8.48. The number of rotatable bonds is 5. The van der Waals surface area contributed by atoms with E-state index in [9.17, 15) is 4.79 Å². The maximum absolute atomic E-state index is 13.2. The molecule has 0 unspecified atom stereocenters. The summed E-state index contributed by atoms with van der Waals surface area (Å²) in [5.74, 6) is 0. The van der Waals surface area contributed by atoms with E-state index in [1.807, 2.05) is 97.9 Å². The monoisotopic (exact) mass is 332 g/mol. The zero-order valence-electron chi connectivity index (χ0n) is 14.3. The first-order valence-electron chi connectivity index (χ1n) is 8.48. The Balaban J connectivity index is 2.21. The lowest BCUT2D eigenvalue weighted by Gasteiger charge is -2.33. The van der Waals surface area contributed by atoms with Gasteiger partial charge >= 0.3 is 6.09 Å². The summed E-state index contributed by atoms with van der Waals surface area (Å²) >= 11 is 0. The summed E-state index contributed by atoms with van der Waals surface area (Å²) in [6, 6.07) is 29.7. The summed E-state index contributed by atoms with van der Waals surface area (Å²) in [5.41, 5.74) is 2.84. The first-order chi connectivity index (χ1) is 12.3. The van der Waals surface area contributed by atoms with Crippen molar-refractivity contribution in [1.82, 2.24) is 4.48 Å². The van der Waals surface area contributed by atoms with Gasteiger partial charge in [0, 0.05) is 29.8 Å². The standard InChI is InChI=1S/C22H22NO2/c1-2-25-22(24)23(20-14-8-4-9-15-20,21-16-10-5-11-17-21)18-19-12-6-3-7-13-19/h3-17H,2,18H2,1H3/q+1. The fourth-order valence-corrected chi connectivity index (χ4v) is 3.06. The molecule has 0 aliphatic carbocycles. The quantitative estimate of drug-likeness (QED) is 0.562. The number of hydrogen-bond acceptors (Lipinski definition) is 2. The Bertz CT molecular complexity index is 762. The summed E-state index contributed by atoms with van der Waals surface area (Å²) in [5, 5.41) is 0. The average molecular weight is 332 g/mol. The Morgan fingerprint density at radius 3 is 1.64 bits per heavy atom. The number of para-hydroxylation sites is 2. The molecule has 126 valence electrons. The van der Waals surface area contributed by atoms with Gasteiger partial charge < -0.3 is 4.74 Å². The number of carbonyl (C=O) groups is 1. The fraction of sp³-hybridized carbons (Fsp3) is 0.136. The first kappa shape index (κ1) is 16.9. The van der Waals surface area contributed by atoms with E-state index in [1.54, 1.807) is 0 Å². The Morgan fingerprint density at radius 1 is 0.760 bits per heavy atom. The Hall–Kier alpha value is -2.91. The van der Waals surface area contributed by atoms with Crippen molar-refractivity contribution in [3.8, 4) is 0 Å². The molecule has 3 nitrogen and oxygen atoms in total. The van der Waals surface area contributed by atoms with Gasteiger partial charge in [0.15, 0.2) is 0 Å². The zero-order valence-corrected chi connectivity index (χ0v) is 14.3. The molecule has 0 radical (unpaired) electrons. The van der Waals surface area contributed by atoms with E-state index in [2.05, 4.69) is 0 Å². The second-order valence-corrected chi connectivity index (χ2v) is 5.82. The molecule has 0 heterocycles. The van der Waals surface area contributed by atoms with Crippen LogP contribution in [0, 0.1) is 0 Å². The molecule has 3 rings (SSSR count). The van der Waals surface area contributed by atoms with Crippen molar-refractivity contribution >= 4 is 17.5 Å². The van der Waals surface area contributed by atoms with Crippen molar-refractivity contribution in [2.75, 3.05) is 6.61 Å². The lowest BCUT2D eigenvalue weighted by atomic mass is 10.1. The van der Waals surface area contributed by atoms with Crippen LogP contribution in [-0.2, 0) is 11.3 Å². The summed E-state index contributed by atoms with van der Waals surface area (Å²) in [4.78, 5) is 13.2. The van der Waals surface area contributed by atoms with Crippen LogP contribution in [0.3, 0.4) is 0 Å². The van der Waals surface area contributed by atoms with Crippen LogP contribution in [0.1, 0.15) is 12.5 Å². The second-order valence-electron chi connectivity index (χ2n) is 5.82. The topological polar surface area (TPSA) is 26.3 Å². The van der Waals surface area contributed by atoms with Gasteiger partial charge in [-0.15, -0.1) is 0 Å². The Labute approximate surface area is 148 Å². The van der Waals surface area contributed by atoms with Crippen molar-refractivity contribution in [1.29, 1.82) is 0 Å². The molecule has 0 N–H and O–H groups in total. The van der Waals surface area contributed by atoms with E-state index >= 15 is 0 Å². The van der Waals surface area contributed by atoms with Crippen LogP contribution in [0.15, 0.2) is 91.0 Å². The van der Waals surface area contributed by atoms with E-state index < -0.39 is 0 Å². The molecule has 0 aliphatic rings. The molecule has 0 spiro atoms. The van der Waals surface area contributed by atoms with Crippen molar-refractivity contribution in [2.45, 2.75) is 13.5 Å². The molecule has 0 saturated heterocycles. The molecule has 25 heavy (non-hydrogen) atoms. The summed E-state index contributed by atoms with van der Waals surface area (Å²) in [6.45, 7) is 2.67. The average Bonchev–Trinajstić information content (AvgIpc) is 2.68. The van der Waals surface area contributed by atoms with Gasteiger partial charge in [-0.3, -0.25) is 0 Å². The third-order valence-corrected chi connectivity index (χ3v) is 4.24. The van der Waals surface area contributed by atoms with E-state index in [4.69, 9.17) is 4.74 Å². The minimum absolute atomic E-state index is 0.000463. The van der Waals surface area contributed by atoms with Crippen LogP contribution in [0.2, 0.25) is 0 Å². The highest BCUT2D eigenvalue weighted by atomic mass is 16.6. The molecule has 0 bridgehead atoms. The van der Waals surface area contributed by atoms with Crippen molar-refractivity contribution in [2.24, 2.45) is 0 Å². The van der Waals surface area contributed by atoms with Crippen LogP contribution in [-0.4, -0.2) is 12.7 Å². The van der Waals surface area contributed by atoms with Gasteiger partial charge in [-0.05, 0) is 6.92 Å². The lowest BCUT2D eigenvalue weighted by molar-refractivity contribution is 0.123. The highest BCUT2D eigenvalue weighted by molar-refractivity contribution is 5.90. The Kier molecular flexibility index (Phi) is 5.26. The van der Waals surface area contributed by atoms with E-state index in [0.717, 1.165) is 16.9 Å². The number of carbonyl (C=O) groups excluding carboxylic acids is 1. The highest BCUT2D eigenvalue weighted by Crippen LogP contribution is 2.37. The molecule has 1 amide bonds. The molecular weight excluding hydrogens is 310 g/mol. The molecule has 3 heteroatoms. The molecular formula is C22H22NO2+. The van der Waals surface area contributed by atoms with Crippen LogP contribution in [0.4, 0.5) is 16.2 Å². The van der Waals surface area contributed by atoms with E-state index in [0.29, 0.717) is 13.2 Å². The van der Waals surface area contributed by atoms with Crippen molar-refractivity contribution < 1.29 is 9.53 Å². The van der Waals surface area contributed by atoms with Crippen molar-refractivity contribution in [3.63, 3.8) is 0 Å². The molecule has 0 fully saturated rings. The van der Waals surface area contributed by atoms with E-state index in [1.165, 1.54) is 0 Å². The smallest absolute Gasteiger partial charge is 0.420 e. The van der Waals surface area contributed by atoms with Crippen LogP contribution < -0.4 is 4.48 Å². The van der Waals surface area contributed by atoms with Gasteiger partial charge in [-0.1, -0.05) is 66.7 Å². The number of benzene rings is 3. The maximum atomic E-state index is 13.2. The Morgan fingerprint density at radius 2 is 1.20 bits per heavy atom. The molecule has 0 atom stereocenters. The van der Waals surface area contributed by atoms with Gasteiger partial charge in [0.1, 0.15) is 17.9 Å². The van der Waals surface area contributed by atoms with Gasteiger partial charge in [0.2, 0.25) is 0 Å². The third kappa shape index (κ3) is 3.47. The maximum Gasteiger partial charge on any atom is 0.526 e. The molecule has 0 aromatic heterocycles. The number of ether oxygens (including phenoxy) is 1. The van der Waals surface area contributed by atoms with Crippen LogP contribution in [0.25, 0.3) is 0 Å². The minimum atomic E-state index is -0.274. The number of nitrogens with zero attached hydrogens (tertiary/aromatic N) is 1. The summed E-state index contributed by atoms with van der Waals surface area (Å²) < 4.78 is 5.52. The number of hydrogen-bond donors (Lipinski definition) is 0. The van der Waals surface area contributed by atoms with Gasteiger partial charge in [0.25, 0.3) is 0 Å². The van der Waals surface area contributed by atoms with Gasteiger partial charge in [-0.2, -0.15) is 9.28 Å². The highest BCUT2D eigenvalue weighted by Gasteiger charge is 2.43. The third-order valence-electron chi connectivity index (χ3n) is 4.24. The van der Waals surface area contributed by atoms with Gasteiger partial charge in [-0.25, -0.2) is 0 Å². The zero-order chi connectivity index (χ0) is 17.5. The normalized spacial score (nSPS) is 11.1. The SMILES string of the molecule is CCOC(=O)[N+](Cc1ccccc1)(c1ccccc1)c1ccccc1. The predicted molar refractivity (Wildman–Crippen MR) is 102 cm³/mol. The second kappa shape index (κ2) is 7.77. The van der Waals surface area contributed by atoms with Crippen molar-refractivity contribution in [3.05, 3.63) is 96.6 Å². The molecule has 3 aromatic rings. The molecule has 0 aliphatic heterocycles. The van der Waals surface area contributed by atoms with Crippen LogP contribution >= 0.6 is 0 Å². The molecule has 0 saturated carbocycles. The predicted octanol–water partition coefficient (Wildman–Crippen LogP) is 5.68. The lowest BCUT2D eigenvalue weighted by Crippen LogP contribution is -2.49. The number of quaternary nitrogens is 1. The van der Waals surface area contributed by atoms with Crippen LogP contribution in [0.5, 0.6) is 0 Å². The fourth-order valence-electron chi connectivity index (χ4n) is 3.06. The summed E-state index contributed by atoms with van der Waals surface area (Å²) in [7, 11) is 0. The summed E-state index contributed by atoms with van der Waals surface area (Å²) in [6.07, 6.45) is -0.274. The van der Waals surface area contributed by atoms with Gasteiger partial charge in [0.05, 0.1) is 6.61 Å². The largest absolute Gasteiger partial charge is 0.526 e. The molecule has 3 aromatic carbocycles. The van der Waals surface area contributed by atoms with E-state index in [-0.39, 0.29) is 10.6 Å². The number of amides is 1.